The maximum absolute atomic E-state index is 11.2. The Kier molecular flexibility index (Phi) is 5.10. The summed E-state index contributed by atoms with van der Waals surface area (Å²) in [5.41, 5.74) is 0. The van der Waals surface area contributed by atoms with E-state index in [0.717, 1.165) is 5.82 Å². The lowest BCUT2D eigenvalue weighted by Gasteiger charge is -2.03. The molecule has 1 aromatic rings. The fourth-order valence-electron chi connectivity index (χ4n) is 1.02. The molecular formula is C9H15N5O. The average molecular weight is 209 g/mol. The Bertz CT molecular complexity index is 295. The van der Waals surface area contributed by atoms with Crippen LogP contribution in [0.15, 0.2) is 19.0 Å². The van der Waals surface area contributed by atoms with Crippen molar-refractivity contribution in [2.45, 2.75) is 6.42 Å². The Morgan fingerprint density at radius 2 is 2.53 bits per heavy atom. The van der Waals surface area contributed by atoms with Crippen molar-refractivity contribution in [2.75, 3.05) is 19.6 Å². The zero-order valence-electron chi connectivity index (χ0n) is 8.49. The molecule has 0 fully saturated rings. The van der Waals surface area contributed by atoms with Crippen LogP contribution in [-0.2, 0) is 11.2 Å². The number of rotatable bonds is 7. The topological polar surface area (TPSA) is 82.7 Å². The molecule has 1 amide bonds. The van der Waals surface area contributed by atoms with Gasteiger partial charge in [0.05, 0.1) is 6.54 Å². The molecule has 0 spiro atoms. The van der Waals surface area contributed by atoms with Crippen molar-refractivity contribution < 1.29 is 4.79 Å². The molecule has 0 saturated carbocycles. The molecule has 0 radical (unpaired) electrons. The zero-order chi connectivity index (χ0) is 10.9. The van der Waals surface area contributed by atoms with Gasteiger partial charge in [-0.05, 0) is 0 Å². The first kappa shape index (κ1) is 11.4. The maximum Gasteiger partial charge on any atom is 0.233 e. The lowest BCUT2D eigenvalue weighted by molar-refractivity contribution is -0.120. The predicted molar refractivity (Wildman–Crippen MR) is 56.2 cm³/mol. The first-order valence-corrected chi connectivity index (χ1v) is 4.75. The summed E-state index contributed by atoms with van der Waals surface area (Å²) >= 11 is 0. The van der Waals surface area contributed by atoms with Gasteiger partial charge in [0.1, 0.15) is 12.2 Å². The molecule has 0 saturated heterocycles. The second-order valence-corrected chi connectivity index (χ2v) is 2.95. The van der Waals surface area contributed by atoms with Crippen LogP contribution in [0.1, 0.15) is 5.82 Å². The van der Waals surface area contributed by atoms with Crippen LogP contribution in [0.5, 0.6) is 0 Å². The fraction of sp³-hybridized carbons (Fsp3) is 0.444. The predicted octanol–water partition coefficient (Wildman–Crippen LogP) is -0.761. The molecule has 6 nitrogen and oxygen atoms in total. The summed E-state index contributed by atoms with van der Waals surface area (Å²) < 4.78 is 0. The number of amides is 1. The van der Waals surface area contributed by atoms with E-state index in [1.807, 2.05) is 0 Å². The van der Waals surface area contributed by atoms with Crippen LogP contribution in [0.25, 0.3) is 0 Å². The number of hydrogen-bond acceptors (Lipinski definition) is 4. The van der Waals surface area contributed by atoms with Gasteiger partial charge in [-0.1, -0.05) is 6.08 Å². The number of aromatic amines is 1. The van der Waals surface area contributed by atoms with Crippen LogP contribution >= 0.6 is 0 Å². The molecule has 0 aliphatic rings. The van der Waals surface area contributed by atoms with Crippen molar-refractivity contribution in [3.8, 4) is 0 Å². The third kappa shape index (κ3) is 4.92. The largest absolute Gasteiger partial charge is 0.355 e. The van der Waals surface area contributed by atoms with E-state index in [9.17, 15) is 4.79 Å². The molecule has 82 valence electrons. The van der Waals surface area contributed by atoms with Gasteiger partial charge in [0.15, 0.2) is 0 Å². The van der Waals surface area contributed by atoms with Crippen LogP contribution in [-0.4, -0.2) is 40.7 Å². The number of hydrogen-bond donors (Lipinski definition) is 3. The van der Waals surface area contributed by atoms with Gasteiger partial charge in [-0.15, -0.1) is 6.58 Å². The second-order valence-electron chi connectivity index (χ2n) is 2.95. The zero-order valence-corrected chi connectivity index (χ0v) is 8.49. The Balaban J connectivity index is 2.04. The third-order valence-electron chi connectivity index (χ3n) is 1.72. The summed E-state index contributed by atoms with van der Waals surface area (Å²) in [5, 5.41) is 12.1. The SMILES string of the molecule is C=CCNCC(=O)NCCc1ncn[nH]1. The van der Waals surface area contributed by atoms with Crippen LogP contribution in [0.4, 0.5) is 0 Å². The van der Waals surface area contributed by atoms with E-state index in [0.29, 0.717) is 26.1 Å². The fourth-order valence-corrected chi connectivity index (χ4v) is 1.02. The number of aromatic nitrogens is 3. The van der Waals surface area contributed by atoms with Crippen LogP contribution < -0.4 is 10.6 Å². The highest BCUT2D eigenvalue weighted by atomic mass is 16.1. The van der Waals surface area contributed by atoms with Gasteiger partial charge >= 0.3 is 0 Å². The molecule has 0 atom stereocenters. The van der Waals surface area contributed by atoms with Crippen LogP contribution in [0.3, 0.4) is 0 Å². The molecule has 3 N–H and O–H groups in total. The van der Waals surface area contributed by atoms with Crippen molar-refractivity contribution in [3.05, 3.63) is 24.8 Å². The van der Waals surface area contributed by atoms with E-state index in [-0.39, 0.29) is 5.91 Å². The standard InChI is InChI=1S/C9H15N5O/c1-2-4-10-6-9(15)11-5-3-8-12-7-13-14-8/h2,7,10H,1,3-6H2,(H,11,15)(H,12,13,14). The van der Waals surface area contributed by atoms with Crippen molar-refractivity contribution >= 4 is 5.91 Å². The minimum atomic E-state index is -0.0311. The normalized spacial score (nSPS) is 9.87. The average Bonchev–Trinajstić information content (AvgIpc) is 2.71. The van der Waals surface area contributed by atoms with E-state index in [2.05, 4.69) is 32.4 Å². The van der Waals surface area contributed by atoms with Gasteiger partial charge in [0, 0.05) is 19.5 Å². The summed E-state index contributed by atoms with van der Waals surface area (Å²) in [7, 11) is 0. The highest BCUT2D eigenvalue weighted by Crippen LogP contribution is 1.84. The minimum absolute atomic E-state index is 0.0311. The van der Waals surface area contributed by atoms with Crippen molar-refractivity contribution in [2.24, 2.45) is 0 Å². The van der Waals surface area contributed by atoms with Crippen molar-refractivity contribution in [3.63, 3.8) is 0 Å². The number of nitrogens with one attached hydrogen (secondary N) is 3. The molecule has 0 aliphatic heterocycles. The number of carbonyl (C=O) groups excluding carboxylic acids is 1. The first-order chi connectivity index (χ1) is 7.33. The highest BCUT2D eigenvalue weighted by molar-refractivity contribution is 5.77. The number of nitrogens with zero attached hydrogens (tertiary/aromatic N) is 2. The summed E-state index contributed by atoms with van der Waals surface area (Å²) in [6.07, 6.45) is 3.82. The molecule has 0 aromatic carbocycles. The van der Waals surface area contributed by atoms with E-state index in [1.165, 1.54) is 6.33 Å². The minimum Gasteiger partial charge on any atom is -0.355 e. The lowest BCUT2D eigenvalue weighted by Crippen LogP contribution is -2.35. The molecular weight excluding hydrogens is 194 g/mol. The monoisotopic (exact) mass is 209 g/mol. The smallest absolute Gasteiger partial charge is 0.233 e. The summed E-state index contributed by atoms with van der Waals surface area (Å²) in [4.78, 5) is 15.1. The second kappa shape index (κ2) is 6.72. The molecule has 0 aliphatic carbocycles. The van der Waals surface area contributed by atoms with E-state index >= 15 is 0 Å². The van der Waals surface area contributed by atoms with Gasteiger partial charge in [0.25, 0.3) is 0 Å². The van der Waals surface area contributed by atoms with E-state index in [4.69, 9.17) is 0 Å². The van der Waals surface area contributed by atoms with Crippen LogP contribution in [0.2, 0.25) is 0 Å². The Labute approximate surface area is 88.2 Å². The molecule has 15 heavy (non-hydrogen) atoms. The molecule has 6 heteroatoms. The highest BCUT2D eigenvalue weighted by Gasteiger charge is 2.00. The molecule has 1 rings (SSSR count). The Hall–Kier alpha value is -1.69. The summed E-state index contributed by atoms with van der Waals surface area (Å²) in [6.45, 7) is 5.04. The lowest BCUT2D eigenvalue weighted by atomic mass is 10.4. The van der Waals surface area contributed by atoms with Crippen molar-refractivity contribution in [1.82, 2.24) is 25.8 Å². The molecule has 1 aromatic heterocycles. The number of carbonyl (C=O) groups is 1. The van der Waals surface area contributed by atoms with Crippen LogP contribution in [0, 0.1) is 0 Å². The van der Waals surface area contributed by atoms with Gasteiger partial charge in [-0.3, -0.25) is 9.89 Å². The van der Waals surface area contributed by atoms with Gasteiger partial charge < -0.3 is 10.6 Å². The third-order valence-corrected chi connectivity index (χ3v) is 1.72. The molecule has 1 heterocycles. The summed E-state index contributed by atoms with van der Waals surface area (Å²) in [6, 6.07) is 0. The van der Waals surface area contributed by atoms with Gasteiger partial charge in [0.2, 0.25) is 5.91 Å². The quantitative estimate of drug-likeness (QED) is 0.407. The molecule has 0 unspecified atom stereocenters. The number of H-pyrrole nitrogens is 1. The van der Waals surface area contributed by atoms with Gasteiger partial charge in [-0.2, -0.15) is 5.10 Å². The summed E-state index contributed by atoms with van der Waals surface area (Å²) in [5.74, 6) is 0.741. The van der Waals surface area contributed by atoms with Crippen molar-refractivity contribution in [1.29, 1.82) is 0 Å². The maximum atomic E-state index is 11.2. The van der Waals surface area contributed by atoms with E-state index < -0.39 is 0 Å². The van der Waals surface area contributed by atoms with Gasteiger partial charge in [-0.25, -0.2) is 4.98 Å². The van der Waals surface area contributed by atoms with E-state index in [1.54, 1.807) is 6.08 Å². The first-order valence-electron chi connectivity index (χ1n) is 4.75. The Morgan fingerprint density at radius 1 is 1.67 bits per heavy atom. The molecule has 0 bridgehead atoms. The Morgan fingerprint density at radius 3 is 3.20 bits per heavy atom.